The van der Waals surface area contributed by atoms with Crippen molar-refractivity contribution in [3.05, 3.63) is 41.2 Å². The zero-order chi connectivity index (χ0) is 12.6. The minimum absolute atomic E-state index is 0.0876. The minimum atomic E-state index is -4.65. The second-order valence-electron chi connectivity index (χ2n) is 4.09. The monoisotopic (exact) mass is 245 g/mol. The molecule has 0 radical (unpaired) electrons. The smallest absolute Gasteiger partial charge is 0.324 e. The molecule has 0 aromatic heterocycles. The van der Waals surface area contributed by atoms with Crippen LogP contribution in [0.4, 0.5) is 17.6 Å². The molecule has 1 nitrogen and oxygen atoms in total. The summed E-state index contributed by atoms with van der Waals surface area (Å²) in [5.74, 6) is -1.24. The van der Waals surface area contributed by atoms with Crippen molar-refractivity contribution in [1.29, 1.82) is 0 Å². The van der Waals surface area contributed by atoms with E-state index in [9.17, 15) is 17.6 Å². The Bertz CT molecular complexity index is 462. The van der Waals surface area contributed by atoms with Gasteiger partial charge in [-0.15, -0.1) is 0 Å². The predicted octanol–water partition coefficient (Wildman–Crippen LogP) is 3.35. The number of halogens is 4. The zero-order valence-corrected chi connectivity index (χ0v) is 8.89. The first-order valence-corrected chi connectivity index (χ1v) is 5.21. The largest absolute Gasteiger partial charge is 0.419 e. The van der Waals surface area contributed by atoms with Crippen LogP contribution < -0.4 is 5.73 Å². The van der Waals surface area contributed by atoms with E-state index in [1.54, 1.807) is 6.08 Å². The van der Waals surface area contributed by atoms with Gasteiger partial charge in [0.05, 0.1) is 5.56 Å². The third kappa shape index (κ3) is 2.49. The van der Waals surface area contributed by atoms with Crippen LogP contribution in [0.2, 0.25) is 0 Å². The summed E-state index contributed by atoms with van der Waals surface area (Å²) in [5, 5.41) is 0. The molecule has 17 heavy (non-hydrogen) atoms. The number of nitrogens with two attached hydrogens (primary N) is 1. The molecule has 1 aromatic rings. The van der Waals surface area contributed by atoms with Crippen LogP contribution in [0.3, 0.4) is 0 Å². The summed E-state index contributed by atoms with van der Waals surface area (Å²) in [6.45, 7) is 0. The summed E-state index contributed by atoms with van der Waals surface area (Å²) < 4.78 is 50.4. The molecule has 0 aliphatic heterocycles. The van der Waals surface area contributed by atoms with Gasteiger partial charge in [0.15, 0.2) is 0 Å². The van der Waals surface area contributed by atoms with Crippen molar-refractivity contribution >= 4 is 5.57 Å². The second-order valence-corrected chi connectivity index (χ2v) is 4.09. The number of hydrogen-bond donors (Lipinski definition) is 1. The van der Waals surface area contributed by atoms with Gasteiger partial charge in [-0.3, -0.25) is 0 Å². The van der Waals surface area contributed by atoms with Gasteiger partial charge in [-0.1, -0.05) is 12.1 Å². The highest BCUT2D eigenvalue weighted by Crippen LogP contribution is 2.34. The highest BCUT2D eigenvalue weighted by Gasteiger charge is 2.34. The number of rotatable bonds is 1. The van der Waals surface area contributed by atoms with Crippen molar-refractivity contribution in [2.45, 2.75) is 25.1 Å². The van der Waals surface area contributed by atoms with Crippen LogP contribution in [0.25, 0.3) is 5.57 Å². The topological polar surface area (TPSA) is 26.0 Å². The molecule has 0 saturated carbocycles. The van der Waals surface area contributed by atoms with Crippen molar-refractivity contribution in [2.75, 3.05) is 0 Å². The van der Waals surface area contributed by atoms with E-state index in [1.807, 2.05) is 0 Å². The lowest BCUT2D eigenvalue weighted by molar-refractivity contribution is -0.140. The summed E-state index contributed by atoms with van der Waals surface area (Å²) in [4.78, 5) is 0. The van der Waals surface area contributed by atoms with E-state index in [-0.39, 0.29) is 6.04 Å². The Morgan fingerprint density at radius 1 is 1.24 bits per heavy atom. The molecule has 0 amide bonds. The first kappa shape index (κ1) is 12.1. The molecule has 2 rings (SSSR count). The lowest BCUT2D eigenvalue weighted by Crippen LogP contribution is -2.11. The third-order valence-corrected chi connectivity index (χ3v) is 2.81. The second kappa shape index (κ2) is 4.14. The van der Waals surface area contributed by atoms with E-state index in [2.05, 4.69) is 0 Å². The fourth-order valence-electron chi connectivity index (χ4n) is 1.93. The van der Waals surface area contributed by atoms with Gasteiger partial charge >= 0.3 is 6.18 Å². The van der Waals surface area contributed by atoms with Crippen LogP contribution in [0.15, 0.2) is 24.3 Å². The molecule has 1 atom stereocenters. The maximum absolute atomic E-state index is 13.3. The zero-order valence-electron chi connectivity index (χ0n) is 8.89. The molecule has 2 N–H and O–H groups in total. The average Bonchev–Trinajstić information content (AvgIpc) is 2.62. The Morgan fingerprint density at radius 2 is 1.94 bits per heavy atom. The maximum atomic E-state index is 13.3. The fraction of sp³-hybridized carbons (Fsp3) is 0.333. The van der Waals surface area contributed by atoms with Crippen LogP contribution in [-0.2, 0) is 6.18 Å². The SMILES string of the molecule is NC1C=C(c2ccc(C(F)(F)F)c(F)c2)CC1. The number of allylic oxidation sites excluding steroid dienone is 1. The van der Waals surface area contributed by atoms with Gasteiger partial charge in [0.1, 0.15) is 5.82 Å². The van der Waals surface area contributed by atoms with Gasteiger partial charge in [-0.05, 0) is 36.1 Å². The fourth-order valence-corrected chi connectivity index (χ4v) is 1.93. The van der Waals surface area contributed by atoms with Gasteiger partial charge < -0.3 is 5.73 Å². The highest BCUT2D eigenvalue weighted by atomic mass is 19.4. The molecule has 0 spiro atoms. The molecule has 1 aliphatic carbocycles. The number of hydrogen-bond acceptors (Lipinski definition) is 1. The van der Waals surface area contributed by atoms with E-state index < -0.39 is 17.6 Å². The van der Waals surface area contributed by atoms with Crippen molar-refractivity contribution < 1.29 is 17.6 Å². The van der Waals surface area contributed by atoms with Gasteiger partial charge in [-0.2, -0.15) is 13.2 Å². The Balaban J connectivity index is 2.35. The number of alkyl halides is 3. The summed E-state index contributed by atoms with van der Waals surface area (Å²) in [6, 6.07) is 2.90. The Labute approximate surface area is 95.9 Å². The van der Waals surface area contributed by atoms with Crippen LogP contribution >= 0.6 is 0 Å². The summed E-state index contributed by atoms with van der Waals surface area (Å²) >= 11 is 0. The van der Waals surface area contributed by atoms with Gasteiger partial charge in [0, 0.05) is 6.04 Å². The molecular weight excluding hydrogens is 234 g/mol. The minimum Gasteiger partial charge on any atom is -0.324 e. The maximum Gasteiger partial charge on any atom is 0.419 e. The van der Waals surface area contributed by atoms with Crippen molar-refractivity contribution in [2.24, 2.45) is 5.73 Å². The van der Waals surface area contributed by atoms with E-state index >= 15 is 0 Å². The van der Waals surface area contributed by atoms with Crippen molar-refractivity contribution in [3.63, 3.8) is 0 Å². The summed E-state index contributed by atoms with van der Waals surface area (Å²) in [7, 11) is 0. The predicted molar refractivity (Wildman–Crippen MR) is 56.6 cm³/mol. The first-order valence-electron chi connectivity index (χ1n) is 5.21. The lowest BCUT2D eigenvalue weighted by Gasteiger charge is -2.09. The summed E-state index contributed by atoms with van der Waals surface area (Å²) in [5.41, 5.74) is 5.70. The van der Waals surface area contributed by atoms with Gasteiger partial charge in [0.2, 0.25) is 0 Å². The van der Waals surface area contributed by atoms with Crippen LogP contribution in [0.1, 0.15) is 24.0 Å². The van der Waals surface area contributed by atoms with Crippen molar-refractivity contribution in [1.82, 2.24) is 0 Å². The molecule has 5 heteroatoms. The van der Waals surface area contributed by atoms with E-state index in [1.165, 1.54) is 6.07 Å². The molecule has 1 unspecified atom stereocenters. The Kier molecular flexibility index (Phi) is 2.95. The molecule has 1 aliphatic rings. The number of benzene rings is 1. The molecule has 0 fully saturated rings. The van der Waals surface area contributed by atoms with Crippen LogP contribution in [0, 0.1) is 5.82 Å². The van der Waals surface area contributed by atoms with E-state index in [0.717, 1.165) is 24.1 Å². The van der Waals surface area contributed by atoms with E-state index in [4.69, 9.17) is 5.73 Å². The summed E-state index contributed by atoms with van der Waals surface area (Å²) in [6.07, 6.45) is -1.46. The molecule has 1 aromatic carbocycles. The highest BCUT2D eigenvalue weighted by molar-refractivity contribution is 5.68. The third-order valence-electron chi connectivity index (χ3n) is 2.81. The first-order chi connectivity index (χ1) is 7.88. The standard InChI is InChI=1S/C12H11F4N/c13-11-6-8(7-1-3-9(17)5-7)2-4-10(11)12(14,15)16/h2,4-6,9H,1,3,17H2. The molecular formula is C12H11F4N. The Hall–Kier alpha value is -1.36. The average molecular weight is 245 g/mol. The van der Waals surface area contributed by atoms with Gasteiger partial charge in [-0.25, -0.2) is 4.39 Å². The van der Waals surface area contributed by atoms with Crippen molar-refractivity contribution in [3.8, 4) is 0 Å². The molecule has 0 bridgehead atoms. The van der Waals surface area contributed by atoms with E-state index in [0.29, 0.717) is 12.0 Å². The molecule has 0 heterocycles. The Morgan fingerprint density at radius 3 is 2.41 bits per heavy atom. The van der Waals surface area contributed by atoms with Gasteiger partial charge in [0.25, 0.3) is 0 Å². The quantitative estimate of drug-likeness (QED) is 0.754. The van der Waals surface area contributed by atoms with Crippen LogP contribution in [0.5, 0.6) is 0 Å². The molecule has 0 saturated heterocycles. The normalized spacial score (nSPS) is 20.5. The lowest BCUT2D eigenvalue weighted by atomic mass is 10.0. The molecule has 92 valence electrons. The van der Waals surface area contributed by atoms with Crippen LogP contribution in [-0.4, -0.2) is 6.04 Å².